The van der Waals surface area contributed by atoms with Crippen LogP contribution in [-0.2, 0) is 6.18 Å². The molecular weight excluding hydrogens is 394 g/mol. The van der Waals surface area contributed by atoms with Gasteiger partial charge in [0.15, 0.2) is 5.82 Å². The van der Waals surface area contributed by atoms with Crippen molar-refractivity contribution in [2.45, 2.75) is 25.9 Å². The van der Waals surface area contributed by atoms with Crippen LogP contribution in [0.1, 0.15) is 31.0 Å². The molecule has 0 saturated carbocycles. The molecule has 0 aliphatic heterocycles. The second-order valence-corrected chi connectivity index (χ2v) is 5.94. The summed E-state index contributed by atoms with van der Waals surface area (Å²) >= 11 is 2.05. The van der Waals surface area contributed by atoms with E-state index in [0.717, 1.165) is 21.4 Å². The van der Waals surface area contributed by atoms with Crippen molar-refractivity contribution in [3.8, 4) is 11.4 Å². The molecule has 0 unspecified atom stereocenters. The molecular formula is C14H13F3IN3. The summed E-state index contributed by atoms with van der Waals surface area (Å²) in [6.07, 6.45) is -4.40. The number of rotatable bonds is 2. The number of hydrogen-bond donors (Lipinski definition) is 1. The highest BCUT2D eigenvalue weighted by molar-refractivity contribution is 14.1. The molecule has 112 valence electrons. The van der Waals surface area contributed by atoms with Crippen molar-refractivity contribution in [1.29, 1.82) is 0 Å². The van der Waals surface area contributed by atoms with Crippen molar-refractivity contribution >= 4 is 28.4 Å². The van der Waals surface area contributed by atoms with Crippen LogP contribution >= 0.6 is 22.6 Å². The van der Waals surface area contributed by atoms with Gasteiger partial charge < -0.3 is 5.73 Å². The molecule has 0 aliphatic rings. The normalized spacial score (nSPS) is 12.0. The number of nitrogens with zero attached hydrogens (tertiary/aromatic N) is 2. The van der Waals surface area contributed by atoms with Gasteiger partial charge in [0.1, 0.15) is 5.82 Å². The van der Waals surface area contributed by atoms with Gasteiger partial charge in [0.25, 0.3) is 0 Å². The first-order valence-electron chi connectivity index (χ1n) is 6.20. The zero-order valence-corrected chi connectivity index (χ0v) is 13.5. The Morgan fingerprint density at radius 3 is 2.43 bits per heavy atom. The van der Waals surface area contributed by atoms with E-state index in [1.165, 1.54) is 6.07 Å². The molecule has 0 fully saturated rings. The van der Waals surface area contributed by atoms with Gasteiger partial charge in [-0.2, -0.15) is 13.2 Å². The molecule has 0 saturated heterocycles. The van der Waals surface area contributed by atoms with Gasteiger partial charge in [0.2, 0.25) is 0 Å². The van der Waals surface area contributed by atoms with E-state index >= 15 is 0 Å². The summed E-state index contributed by atoms with van der Waals surface area (Å²) in [5.74, 6) is 0.594. The van der Waals surface area contributed by atoms with Crippen molar-refractivity contribution in [2.24, 2.45) is 0 Å². The second kappa shape index (κ2) is 5.78. The number of halogens is 4. The highest BCUT2D eigenvalue weighted by atomic mass is 127. The van der Waals surface area contributed by atoms with Gasteiger partial charge in [-0.1, -0.05) is 26.0 Å². The summed E-state index contributed by atoms with van der Waals surface area (Å²) in [5, 5.41) is 0. The Hall–Kier alpha value is -1.38. The Bertz CT molecular complexity index is 669. The van der Waals surface area contributed by atoms with Crippen molar-refractivity contribution < 1.29 is 13.2 Å². The number of nitrogens with two attached hydrogens (primary N) is 1. The van der Waals surface area contributed by atoms with Crippen LogP contribution in [0.15, 0.2) is 24.3 Å². The minimum atomic E-state index is -4.40. The molecule has 0 aliphatic carbocycles. The summed E-state index contributed by atoms with van der Waals surface area (Å²) in [4.78, 5) is 8.46. The lowest BCUT2D eigenvalue weighted by atomic mass is 10.1. The predicted molar refractivity (Wildman–Crippen MR) is 83.7 cm³/mol. The number of hydrogen-bond acceptors (Lipinski definition) is 3. The van der Waals surface area contributed by atoms with Crippen LogP contribution in [0.5, 0.6) is 0 Å². The van der Waals surface area contributed by atoms with Crippen LogP contribution in [0, 0.1) is 3.57 Å². The Labute approximate surface area is 133 Å². The van der Waals surface area contributed by atoms with Crippen LogP contribution in [0.4, 0.5) is 19.0 Å². The van der Waals surface area contributed by atoms with E-state index in [1.54, 1.807) is 6.07 Å². The van der Waals surface area contributed by atoms with Crippen molar-refractivity contribution in [3.05, 3.63) is 39.1 Å². The van der Waals surface area contributed by atoms with Crippen LogP contribution in [0.3, 0.4) is 0 Å². The Kier molecular flexibility index (Phi) is 4.40. The quantitative estimate of drug-likeness (QED) is 0.748. The van der Waals surface area contributed by atoms with E-state index in [4.69, 9.17) is 5.73 Å². The summed E-state index contributed by atoms with van der Waals surface area (Å²) in [6.45, 7) is 3.89. The SMILES string of the molecule is CC(C)c1nc(-c2cccc(C(F)(F)F)c2)nc(N)c1I. The maximum absolute atomic E-state index is 12.8. The van der Waals surface area contributed by atoms with E-state index in [-0.39, 0.29) is 17.6 Å². The maximum atomic E-state index is 12.8. The molecule has 21 heavy (non-hydrogen) atoms. The first-order chi connectivity index (χ1) is 9.70. The molecule has 7 heteroatoms. The van der Waals surface area contributed by atoms with Gasteiger partial charge in [0, 0.05) is 5.56 Å². The molecule has 0 atom stereocenters. The number of anilines is 1. The van der Waals surface area contributed by atoms with Crippen LogP contribution < -0.4 is 5.73 Å². The molecule has 2 rings (SSSR count). The summed E-state index contributed by atoms with van der Waals surface area (Å²) in [5.41, 5.74) is 6.14. The molecule has 0 amide bonds. The average Bonchev–Trinajstić information content (AvgIpc) is 2.40. The first-order valence-corrected chi connectivity index (χ1v) is 7.28. The lowest BCUT2D eigenvalue weighted by Crippen LogP contribution is -2.08. The number of nitrogen functional groups attached to an aromatic ring is 1. The summed E-state index contributed by atoms with van der Waals surface area (Å²) in [6, 6.07) is 4.93. The predicted octanol–water partition coefficient (Wildman–Crippen LogP) is 4.47. The molecule has 1 aromatic carbocycles. The van der Waals surface area contributed by atoms with Gasteiger partial charge in [-0.05, 0) is 40.6 Å². The highest BCUT2D eigenvalue weighted by Gasteiger charge is 2.30. The fourth-order valence-corrected chi connectivity index (χ4v) is 2.69. The molecule has 0 spiro atoms. The largest absolute Gasteiger partial charge is 0.416 e. The Morgan fingerprint density at radius 2 is 1.86 bits per heavy atom. The summed E-state index contributed by atoms with van der Waals surface area (Å²) < 4.78 is 39.0. The minimum Gasteiger partial charge on any atom is -0.383 e. The van der Waals surface area contributed by atoms with E-state index < -0.39 is 11.7 Å². The highest BCUT2D eigenvalue weighted by Crippen LogP contribution is 2.32. The fraction of sp³-hybridized carbons (Fsp3) is 0.286. The third kappa shape index (κ3) is 3.45. The van der Waals surface area contributed by atoms with E-state index in [9.17, 15) is 13.2 Å². The van der Waals surface area contributed by atoms with Crippen molar-refractivity contribution in [1.82, 2.24) is 9.97 Å². The monoisotopic (exact) mass is 407 g/mol. The summed E-state index contributed by atoms with van der Waals surface area (Å²) in [7, 11) is 0. The van der Waals surface area contributed by atoms with Crippen molar-refractivity contribution in [2.75, 3.05) is 5.73 Å². The second-order valence-electron chi connectivity index (χ2n) is 4.86. The fourth-order valence-electron chi connectivity index (χ4n) is 1.83. The van der Waals surface area contributed by atoms with Gasteiger partial charge in [0.05, 0.1) is 14.8 Å². The van der Waals surface area contributed by atoms with Gasteiger partial charge in [-0.3, -0.25) is 0 Å². The molecule has 1 aromatic heterocycles. The van der Waals surface area contributed by atoms with Gasteiger partial charge in [-0.15, -0.1) is 0 Å². The standard InChI is InChI=1S/C14H13F3IN3/c1-7(2)11-10(18)12(19)21-13(20-11)8-4-3-5-9(6-8)14(15,16)17/h3-7H,1-2H3,(H2,19,20,21). The molecule has 3 nitrogen and oxygen atoms in total. The van der Waals surface area contributed by atoms with E-state index in [1.807, 2.05) is 36.4 Å². The van der Waals surface area contributed by atoms with Crippen LogP contribution in [-0.4, -0.2) is 9.97 Å². The van der Waals surface area contributed by atoms with Gasteiger partial charge in [-0.25, -0.2) is 9.97 Å². The Morgan fingerprint density at radius 1 is 1.19 bits per heavy atom. The number of alkyl halides is 3. The lowest BCUT2D eigenvalue weighted by molar-refractivity contribution is -0.137. The van der Waals surface area contributed by atoms with E-state index in [0.29, 0.717) is 5.56 Å². The molecule has 2 N–H and O–H groups in total. The average molecular weight is 407 g/mol. The minimum absolute atomic E-state index is 0.103. The van der Waals surface area contributed by atoms with E-state index in [2.05, 4.69) is 9.97 Å². The molecule has 0 bridgehead atoms. The molecule has 2 aromatic rings. The molecule has 0 radical (unpaired) electrons. The topological polar surface area (TPSA) is 51.8 Å². The number of aromatic nitrogens is 2. The number of benzene rings is 1. The van der Waals surface area contributed by atoms with Crippen LogP contribution in [0.2, 0.25) is 0 Å². The third-order valence-corrected chi connectivity index (χ3v) is 4.00. The van der Waals surface area contributed by atoms with Crippen molar-refractivity contribution in [3.63, 3.8) is 0 Å². The zero-order valence-electron chi connectivity index (χ0n) is 11.4. The molecule has 1 heterocycles. The Balaban J connectivity index is 2.57. The smallest absolute Gasteiger partial charge is 0.383 e. The third-order valence-electron chi connectivity index (χ3n) is 2.90. The van der Waals surface area contributed by atoms with Gasteiger partial charge >= 0.3 is 6.18 Å². The maximum Gasteiger partial charge on any atom is 0.416 e. The zero-order chi connectivity index (χ0) is 15.8. The van der Waals surface area contributed by atoms with Crippen LogP contribution in [0.25, 0.3) is 11.4 Å². The first kappa shape index (κ1) is 16.0. The lowest BCUT2D eigenvalue weighted by Gasteiger charge is -2.12.